The van der Waals surface area contributed by atoms with E-state index in [2.05, 4.69) is 20.3 Å². The molecular formula is C14H18N4O2. The second-order valence-corrected chi connectivity index (χ2v) is 4.54. The van der Waals surface area contributed by atoms with E-state index < -0.39 is 12.1 Å². The van der Waals surface area contributed by atoms with E-state index in [4.69, 9.17) is 0 Å². The highest BCUT2D eigenvalue weighted by molar-refractivity contribution is 5.33. The van der Waals surface area contributed by atoms with Crippen molar-refractivity contribution in [3.63, 3.8) is 0 Å². The van der Waals surface area contributed by atoms with Crippen LogP contribution in [-0.4, -0.2) is 37.9 Å². The second kappa shape index (κ2) is 6.40. The van der Waals surface area contributed by atoms with Crippen LogP contribution in [0, 0.1) is 13.8 Å². The SMILES string of the molecule is Cc1nc(C)nc(N[C@@H](c2ccccc2)[C@@H](O)CO)n1. The lowest BCUT2D eigenvalue weighted by atomic mass is 10.0. The molecular weight excluding hydrogens is 256 g/mol. The van der Waals surface area contributed by atoms with Crippen LogP contribution in [-0.2, 0) is 0 Å². The number of nitrogens with one attached hydrogen (secondary N) is 1. The molecule has 1 aromatic carbocycles. The zero-order valence-electron chi connectivity index (χ0n) is 11.5. The highest BCUT2D eigenvalue weighted by Gasteiger charge is 2.21. The molecule has 6 heteroatoms. The Kier molecular flexibility index (Phi) is 4.60. The first kappa shape index (κ1) is 14.4. The van der Waals surface area contributed by atoms with Gasteiger partial charge in [-0.1, -0.05) is 30.3 Å². The molecule has 6 nitrogen and oxygen atoms in total. The van der Waals surface area contributed by atoms with Gasteiger partial charge in [0, 0.05) is 0 Å². The Labute approximate surface area is 117 Å². The first-order chi connectivity index (χ1) is 9.60. The van der Waals surface area contributed by atoms with Gasteiger partial charge in [0.25, 0.3) is 0 Å². The van der Waals surface area contributed by atoms with Crippen LogP contribution in [0.1, 0.15) is 23.3 Å². The average Bonchev–Trinajstić information content (AvgIpc) is 2.44. The van der Waals surface area contributed by atoms with Crippen LogP contribution in [0.5, 0.6) is 0 Å². The van der Waals surface area contributed by atoms with Crippen molar-refractivity contribution in [1.82, 2.24) is 15.0 Å². The fourth-order valence-electron chi connectivity index (χ4n) is 1.99. The number of anilines is 1. The van der Waals surface area contributed by atoms with E-state index in [-0.39, 0.29) is 6.61 Å². The van der Waals surface area contributed by atoms with Gasteiger partial charge in [0.2, 0.25) is 5.95 Å². The molecule has 2 atom stereocenters. The molecule has 0 aliphatic heterocycles. The molecule has 0 aliphatic carbocycles. The third kappa shape index (κ3) is 3.49. The van der Waals surface area contributed by atoms with Gasteiger partial charge in [0.05, 0.1) is 12.6 Å². The van der Waals surface area contributed by atoms with Gasteiger partial charge in [0.1, 0.15) is 17.8 Å². The Morgan fingerprint density at radius 2 is 1.65 bits per heavy atom. The number of aryl methyl sites for hydroxylation is 2. The highest BCUT2D eigenvalue weighted by Crippen LogP contribution is 2.21. The lowest BCUT2D eigenvalue weighted by Crippen LogP contribution is -2.29. The largest absolute Gasteiger partial charge is 0.394 e. The van der Waals surface area contributed by atoms with Crippen molar-refractivity contribution < 1.29 is 10.2 Å². The predicted octanol–water partition coefficient (Wildman–Crippen LogP) is 0.995. The molecule has 0 fully saturated rings. The van der Waals surface area contributed by atoms with Crippen LogP contribution >= 0.6 is 0 Å². The smallest absolute Gasteiger partial charge is 0.226 e. The summed E-state index contributed by atoms with van der Waals surface area (Å²) in [5.41, 5.74) is 0.852. The van der Waals surface area contributed by atoms with Gasteiger partial charge in [-0.2, -0.15) is 9.97 Å². The molecule has 2 rings (SSSR count). The maximum atomic E-state index is 9.99. The number of nitrogens with zero attached hydrogens (tertiary/aromatic N) is 3. The Morgan fingerprint density at radius 1 is 1.05 bits per heavy atom. The number of benzene rings is 1. The lowest BCUT2D eigenvalue weighted by Gasteiger charge is -2.23. The molecule has 0 radical (unpaired) electrons. The molecule has 0 saturated heterocycles. The summed E-state index contributed by atoms with van der Waals surface area (Å²) in [5, 5.41) is 22.3. The maximum Gasteiger partial charge on any atom is 0.226 e. The Hall–Kier alpha value is -2.05. The molecule has 20 heavy (non-hydrogen) atoms. The van der Waals surface area contributed by atoms with E-state index in [0.717, 1.165) is 5.56 Å². The summed E-state index contributed by atoms with van der Waals surface area (Å²) < 4.78 is 0. The molecule has 106 valence electrons. The van der Waals surface area contributed by atoms with E-state index in [9.17, 15) is 10.2 Å². The standard InChI is InChI=1S/C14H18N4O2/c1-9-15-10(2)17-14(16-9)18-13(12(20)8-19)11-6-4-3-5-7-11/h3-7,12-13,19-20H,8H2,1-2H3,(H,15,16,17,18)/t12-,13-/m0/s1. The molecule has 0 amide bonds. The molecule has 2 aromatic rings. The summed E-state index contributed by atoms with van der Waals surface area (Å²) in [6.45, 7) is 3.20. The summed E-state index contributed by atoms with van der Waals surface area (Å²) >= 11 is 0. The lowest BCUT2D eigenvalue weighted by molar-refractivity contribution is 0.0792. The first-order valence-electron chi connectivity index (χ1n) is 6.40. The molecule has 0 spiro atoms. The molecule has 0 unspecified atom stereocenters. The van der Waals surface area contributed by atoms with Crippen LogP contribution in [0.2, 0.25) is 0 Å². The molecule has 1 heterocycles. The van der Waals surface area contributed by atoms with Crippen molar-refractivity contribution in [2.75, 3.05) is 11.9 Å². The second-order valence-electron chi connectivity index (χ2n) is 4.54. The number of aromatic nitrogens is 3. The maximum absolute atomic E-state index is 9.99. The quantitative estimate of drug-likeness (QED) is 0.753. The monoisotopic (exact) mass is 274 g/mol. The molecule has 0 aliphatic rings. The van der Waals surface area contributed by atoms with E-state index in [1.165, 1.54) is 0 Å². The minimum atomic E-state index is -0.949. The van der Waals surface area contributed by atoms with E-state index in [1.54, 1.807) is 13.8 Å². The van der Waals surface area contributed by atoms with Gasteiger partial charge < -0.3 is 15.5 Å². The fourth-order valence-corrected chi connectivity index (χ4v) is 1.99. The summed E-state index contributed by atoms with van der Waals surface area (Å²) in [6, 6.07) is 8.90. The average molecular weight is 274 g/mol. The van der Waals surface area contributed by atoms with Gasteiger partial charge in [-0.05, 0) is 19.4 Å². The Balaban J connectivity index is 2.28. The van der Waals surface area contributed by atoms with E-state index in [1.807, 2.05) is 30.3 Å². The minimum Gasteiger partial charge on any atom is -0.394 e. The van der Waals surface area contributed by atoms with Crippen LogP contribution in [0.15, 0.2) is 30.3 Å². The molecule has 1 aromatic heterocycles. The van der Waals surface area contributed by atoms with Gasteiger partial charge in [0.15, 0.2) is 0 Å². The van der Waals surface area contributed by atoms with Gasteiger partial charge in [-0.15, -0.1) is 0 Å². The van der Waals surface area contributed by atoms with Crippen molar-refractivity contribution in [3.8, 4) is 0 Å². The minimum absolute atomic E-state index is 0.352. The molecule has 0 saturated carbocycles. The molecule has 3 N–H and O–H groups in total. The van der Waals surface area contributed by atoms with E-state index >= 15 is 0 Å². The van der Waals surface area contributed by atoms with Gasteiger partial charge in [-0.3, -0.25) is 0 Å². The Morgan fingerprint density at radius 3 is 2.20 bits per heavy atom. The third-order valence-electron chi connectivity index (χ3n) is 2.87. The number of hydrogen-bond donors (Lipinski definition) is 3. The van der Waals surface area contributed by atoms with Crippen molar-refractivity contribution in [1.29, 1.82) is 0 Å². The number of aliphatic hydroxyl groups is 2. The molecule has 0 bridgehead atoms. The van der Waals surface area contributed by atoms with Crippen LogP contribution in [0.25, 0.3) is 0 Å². The van der Waals surface area contributed by atoms with Crippen LogP contribution in [0.4, 0.5) is 5.95 Å². The zero-order chi connectivity index (χ0) is 14.5. The summed E-state index contributed by atoms with van der Waals surface area (Å²) in [6.07, 6.45) is -0.949. The highest BCUT2D eigenvalue weighted by atomic mass is 16.3. The van der Waals surface area contributed by atoms with Crippen molar-refractivity contribution in [2.45, 2.75) is 26.0 Å². The number of hydrogen-bond acceptors (Lipinski definition) is 6. The van der Waals surface area contributed by atoms with Gasteiger partial charge >= 0.3 is 0 Å². The third-order valence-corrected chi connectivity index (χ3v) is 2.87. The number of aliphatic hydroxyl groups excluding tert-OH is 2. The van der Waals surface area contributed by atoms with Crippen molar-refractivity contribution >= 4 is 5.95 Å². The Bertz CT molecular complexity index is 542. The van der Waals surface area contributed by atoms with Crippen molar-refractivity contribution in [2.24, 2.45) is 0 Å². The van der Waals surface area contributed by atoms with E-state index in [0.29, 0.717) is 17.6 Å². The first-order valence-corrected chi connectivity index (χ1v) is 6.40. The summed E-state index contributed by atoms with van der Waals surface area (Å²) in [4.78, 5) is 12.5. The normalized spacial score (nSPS) is 13.8. The topological polar surface area (TPSA) is 91.2 Å². The van der Waals surface area contributed by atoms with Crippen LogP contribution < -0.4 is 5.32 Å². The van der Waals surface area contributed by atoms with Crippen LogP contribution in [0.3, 0.4) is 0 Å². The number of rotatable bonds is 5. The van der Waals surface area contributed by atoms with Crippen molar-refractivity contribution in [3.05, 3.63) is 47.5 Å². The zero-order valence-corrected chi connectivity index (χ0v) is 11.5. The predicted molar refractivity (Wildman–Crippen MR) is 75.2 cm³/mol. The fraction of sp³-hybridized carbons (Fsp3) is 0.357. The van der Waals surface area contributed by atoms with Gasteiger partial charge in [-0.25, -0.2) is 4.98 Å². The summed E-state index contributed by atoms with van der Waals surface area (Å²) in [7, 11) is 0. The summed E-state index contributed by atoms with van der Waals surface area (Å²) in [5.74, 6) is 1.59.